The minimum atomic E-state index is -0.113. The van der Waals surface area contributed by atoms with Crippen molar-refractivity contribution in [3.8, 4) is 11.5 Å². The number of hydrogen-bond acceptors (Lipinski definition) is 6. The van der Waals surface area contributed by atoms with Gasteiger partial charge in [0, 0.05) is 30.0 Å². The predicted molar refractivity (Wildman–Crippen MR) is 123 cm³/mol. The number of rotatable bonds is 6. The Labute approximate surface area is 190 Å². The standard InChI is InChI=1S/C24H23N3O4S/c1-15-21(12-17-6-9-19-20(11-17)31-14-30-19)32-24(25-15)26-22(28)13-16-4-7-18(8-5-16)27-10-2-3-23(27)29/h4-9,11H,2-3,10,12-14H2,1H3,(H,25,26,28). The van der Waals surface area contributed by atoms with E-state index in [1.54, 1.807) is 4.90 Å². The number of fused-ring (bicyclic) bond motifs is 1. The van der Waals surface area contributed by atoms with E-state index in [2.05, 4.69) is 10.3 Å². The third kappa shape index (κ3) is 4.31. The molecular weight excluding hydrogens is 426 g/mol. The second-order valence-electron chi connectivity index (χ2n) is 7.93. The lowest BCUT2D eigenvalue weighted by Crippen LogP contribution is -2.23. The van der Waals surface area contributed by atoms with Gasteiger partial charge in [0.25, 0.3) is 0 Å². The number of benzene rings is 2. The van der Waals surface area contributed by atoms with Crippen LogP contribution in [0, 0.1) is 6.92 Å². The molecule has 0 spiro atoms. The minimum Gasteiger partial charge on any atom is -0.454 e. The zero-order valence-corrected chi connectivity index (χ0v) is 18.5. The van der Waals surface area contributed by atoms with E-state index in [0.29, 0.717) is 18.0 Å². The third-order valence-corrected chi connectivity index (χ3v) is 6.70. The lowest BCUT2D eigenvalue weighted by atomic mass is 10.1. The highest BCUT2D eigenvalue weighted by Gasteiger charge is 2.21. The first-order valence-electron chi connectivity index (χ1n) is 10.6. The second-order valence-corrected chi connectivity index (χ2v) is 9.02. The maximum atomic E-state index is 12.5. The molecule has 0 aliphatic carbocycles. The highest BCUT2D eigenvalue weighted by atomic mass is 32.1. The molecule has 7 nitrogen and oxygen atoms in total. The van der Waals surface area contributed by atoms with Crippen molar-refractivity contribution in [2.45, 2.75) is 32.6 Å². The summed E-state index contributed by atoms with van der Waals surface area (Å²) in [5.74, 6) is 1.57. The number of aromatic nitrogens is 1. The Morgan fingerprint density at radius 2 is 1.91 bits per heavy atom. The van der Waals surface area contributed by atoms with Crippen molar-refractivity contribution in [3.05, 3.63) is 64.2 Å². The normalized spacial score (nSPS) is 14.8. The quantitative estimate of drug-likeness (QED) is 0.613. The van der Waals surface area contributed by atoms with Gasteiger partial charge in [-0.15, -0.1) is 11.3 Å². The van der Waals surface area contributed by atoms with E-state index < -0.39 is 0 Å². The molecule has 1 N–H and O–H groups in total. The van der Waals surface area contributed by atoms with Gasteiger partial charge in [0.1, 0.15) is 0 Å². The Morgan fingerprint density at radius 3 is 2.69 bits per heavy atom. The summed E-state index contributed by atoms with van der Waals surface area (Å²) in [6.07, 6.45) is 2.47. The Balaban J connectivity index is 1.20. The third-order valence-electron chi connectivity index (χ3n) is 5.63. The topological polar surface area (TPSA) is 80.8 Å². The monoisotopic (exact) mass is 449 g/mol. The van der Waals surface area contributed by atoms with Gasteiger partial charge in [0.05, 0.1) is 12.1 Å². The van der Waals surface area contributed by atoms with Crippen LogP contribution in [0.5, 0.6) is 11.5 Å². The van der Waals surface area contributed by atoms with E-state index in [-0.39, 0.29) is 25.0 Å². The molecule has 1 saturated heterocycles. The summed E-state index contributed by atoms with van der Waals surface area (Å²) >= 11 is 1.49. The molecule has 1 aromatic heterocycles. The zero-order chi connectivity index (χ0) is 22.1. The number of carbonyl (C=O) groups excluding carboxylic acids is 2. The van der Waals surface area contributed by atoms with Gasteiger partial charge < -0.3 is 19.7 Å². The van der Waals surface area contributed by atoms with Gasteiger partial charge in [-0.05, 0) is 48.7 Å². The molecule has 2 aromatic carbocycles. The predicted octanol–water partition coefficient (Wildman–Crippen LogP) is 4.08. The maximum Gasteiger partial charge on any atom is 0.231 e. The van der Waals surface area contributed by atoms with Crippen LogP contribution in [0.2, 0.25) is 0 Å². The minimum absolute atomic E-state index is 0.113. The van der Waals surface area contributed by atoms with Crippen LogP contribution in [0.1, 0.15) is 34.5 Å². The zero-order valence-electron chi connectivity index (χ0n) is 17.7. The molecule has 2 aliphatic heterocycles. The van der Waals surface area contributed by atoms with Crippen molar-refractivity contribution < 1.29 is 19.1 Å². The SMILES string of the molecule is Cc1nc(NC(=O)Cc2ccc(N3CCCC3=O)cc2)sc1Cc1ccc2c(c1)OCO2. The number of thiazole rings is 1. The van der Waals surface area contributed by atoms with E-state index in [1.165, 1.54) is 11.3 Å². The van der Waals surface area contributed by atoms with Gasteiger partial charge in [0.15, 0.2) is 16.6 Å². The van der Waals surface area contributed by atoms with Gasteiger partial charge in [-0.3, -0.25) is 9.59 Å². The molecular formula is C24H23N3O4S. The molecule has 5 rings (SSSR count). The fraction of sp³-hybridized carbons (Fsp3) is 0.292. The number of anilines is 2. The molecule has 0 saturated carbocycles. The van der Waals surface area contributed by atoms with Crippen LogP contribution in [0.3, 0.4) is 0 Å². The largest absolute Gasteiger partial charge is 0.454 e. The summed E-state index contributed by atoms with van der Waals surface area (Å²) in [5, 5.41) is 3.51. The number of carbonyl (C=O) groups is 2. The maximum absolute atomic E-state index is 12.5. The first-order chi connectivity index (χ1) is 15.5. The molecule has 164 valence electrons. The molecule has 2 amide bonds. The van der Waals surface area contributed by atoms with Crippen molar-refractivity contribution in [3.63, 3.8) is 0 Å². The van der Waals surface area contributed by atoms with Gasteiger partial charge in [-0.25, -0.2) is 4.98 Å². The van der Waals surface area contributed by atoms with E-state index in [9.17, 15) is 9.59 Å². The molecule has 0 unspecified atom stereocenters. The number of amides is 2. The fourth-order valence-electron chi connectivity index (χ4n) is 3.95. The summed E-state index contributed by atoms with van der Waals surface area (Å²) in [6.45, 7) is 2.97. The summed E-state index contributed by atoms with van der Waals surface area (Å²) in [4.78, 5) is 31.8. The van der Waals surface area contributed by atoms with E-state index in [0.717, 1.165) is 51.8 Å². The van der Waals surface area contributed by atoms with Crippen LogP contribution < -0.4 is 19.7 Å². The summed E-state index contributed by atoms with van der Waals surface area (Å²) in [6, 6.07) is 13.5. The summed E-state index contributed by atoms with van der Waals surface area (Å²) < 4.78 is 10.8. The van der Waals surface area contributed by atoms with Crippen LogP contribution in [-0.4, -0.2) is 30.1 Å². The van der Waals surface area contributed by atoms with Crippen LogP contribution in [0.25, 0.3) is 0 Å². The Hall–Kier alpha value is -3.39. The van der Waals surface area contributed by atoms with Crippen molar-refractivity contribution >= 4 is 34.0 Å². The number of nitrogens with zero attached hydrogens (tertiary/aromatic N) is 2. The highest BCUT2D eigenvalue weighted by molar-refractivity contribution is 7.15. The Kier molecular flexibility index (Phi) is 5.53. The first kappa shape index (κ1) is 20.5. The number of ether oxygens (including phenoxy) is 2. The average molecular weight is 450 g/mol. The number of hydrogen-bond donors (Lipinski definition) is 1. The van der Waals surface area contributed by atoms with Crippen LogP contribution in [0.15, 0.2) is 42.5 Å². The lowest BCUT2D eigenvalue weighted by molar-refractivity contribution is -0.117. The molecule has 32 heavy (non-hydrogen) atoms. The molecule has 1 fully saturated rings. The highest BCUT2D eigenvalue weighted by Crippen LogP contribution is 2.34. The molecule has 0 atom stereocenters. The van der Waals surface area contributed by atoms with Crippen molar-refractivity contribution in [2.75, 3.05) is 23.6 Å². The summed E-state index contributed by atoms with van der Waals surface area (Å²) in [7, 11) is 0. The van der Waals surface area contributed by atoms with Crippen molar-refractivity contribution in [1.29, 1.82) is 0 Å². The van der Waals surface area contributed by atoms with Crippen LogP contribution in [-0.2, 0) is 22.4 Å². The second kappa shape index (κ2) is 8.63. The first-order valence-corrected chi connectivity index (χ1v) is 11.4. The van der Waals surface area contributed by atoms with Crippen molar-refractivity contribution in [2.24, 2.45) is 0 Å². The Bertz CT molecular complexity index is 1170. The Morgan fingerprint density at radius 1 is 1.12 bits per heavy atom. The number of aryl methyl sites for hydroxylation is 1. The molecule has 8 heteroatoms. The average Bonchev–Trinajstić information content (AvgIpc) is 3.49. The smallest absolute Gasteiger partial charge is 0.231 e. The lowest BCUT2D eigenvalue weighted by Gasteiger charge is -2.15. The molecule has 0 bridgehead atoms. The molecule has 3 heterocycles. The van der Waals surface area contributed by atoms with E-state index >= 15 is 0 Å². The molecule has 3 aromatic rings. The molecule has 2 aliphatic rings. The summed E-state index contributed by atoms with van der Waals surface area (Å²) in [5.41, 5.74) is 3.80. The van der Waals surface area contributed by atoms with Crippen LogP contribution >= 0.6 is 11.3 Å². The van der Waals surface area contributed by atoms with Crippen molar-refractivity contribution in [1.82, 2.24) is 4.98 Å². The molecule has 0 radical (unpaired) electrons. The van der Waals surface area contributed by atoms with Crippen LogP contribution in [0.4, 0.5) is 10.8 Å². The van der Waals surface area contributed by atoms with Gasteiger partial charge in [-0.2, -0.15) is 0 Å². The van der Waals surface area contributed by atoms with E-state index in [1.807, 2.05) is 49.4 Å². The number of nitrogens with one attached hydrogen (secondary N) is 1. The van der Waals surface area contributed by atoms with Gasteiger partial charge >= 0.3 is 0 Å². The fourth-order valence-corrected chi connectivity index (χ4v) is 4.96. The van der Waals surface area contributed by atoms with Gasteiger partial charge in [-0.1, -0.05) is 18.2 Å². The van der Waals surface area contributed by atoms with E-state index in [4.69, 9.17) is 9.47 Å². The van der Waals surface area contributed by atoms with Gasteiger partial charge in [0.2, 0.25) is 18.6 Å².